The summed E-state index contributed by atoms with van der Waals surface area (Å²) in [7, 11) is 0. The van der Waals surface area contributed by atoms with Crippen LogP contribution in [0.3, 0.4) is 0 Å². The lowest BCUT2D eigenvalue weighted by atomic mass is 9.45. The molecule has 1 N–H and O–H groups in total. The first-order chi connectivity index (χ1) is 16.4. The monoisotopic (exact) mass is 516 g/mol. The number of aliphatic hydroxyl groups is 1. The molecule has 0 unspecified atom stereocenters. The number of carbonyl (C=O) groups excluding carboxylic acids is 3. The Bertz CT molecular complexity index is 1100. The molecule has 8 atom stereocenters. The second-order valence-electron chi connectivity index (χ2n) is 14.0. The molecule has 5 aliphatic carbocycles. The topological polar surface area (TPSA) is 80.7 Å². The van der Waals surface area contributed by atoms with Gasteiger partial charge in [-0.3, -0.25) is 14.4 Å². The van der Waals surface area contributed by atoms with Gasteiger partial charge in [-0.25, -0.2) is 0 Å². The van der Waals surface area contributed by atoms with Crippen LogP contribution >= 0.6 is 11.6 Å². The number of Topliss-reactive ketones (excluding diaryl/α,β-unsaturated/α-hetero) is 1. The number of aliphatic hydroxyl groups excluding tert-OH is 1. The SMILES string of the molecule is CC(=O)[C@@]1(OC(=O)C2C(C)(C)C2(C)C)[C@@H](C)C[C@H]2[C@@H]3CCC4=CC(=O)C=C[C@]4(C)[C@@]3(Cl)[C@@H](O)C[C@@]21C. The molecule has 5 aliphatic rings. The van der Waals surface area contributed by atoms with Crippen LogP contribution in [-0.2, 0) is 19.1 Å². The van der Waals surface area contributed by atoms with Crippen molar-refractivity contribution in [2.45, 2.75) is 97.7 Å². The molecule has 0 spiro atoms. The molecule has 0 aromatic carbocycles. The predicted molar refractivity (Wildman–Crippen MR) is 138 cm³/mol. The Kier molecular flexibility index (Phi) is 5.34. The van der Waals surface area contributed by atoms with Crippen molar-refractivity contribution in [2.75, 3.05) is 0 Å². The van der Waals surface area contributed by atoms with Crippen LogP contribution in [0.1, 0.15) is 81.1 Å². The lowest BCUT2D eigenvalue weighted by Gasteiger charge is -2.64. The van der Waals surface area contributed by atoms with Crippen molar-refractivity contribution in [3.8, 4) is 0 Å². The number of fused-ring (bicyclic) bond motifs is 5. The molecular weight excluding hydrogens is 476 g/mol. The molecule has 6 heteroatoms. The highest BCUT2D eigenvalue weighted by molar-refractivity contribution is 6.26. The van der Waals surface area contributed by atoms with Crippen LogP contribution in [0.5, 0.6) is 0 Å². The van der Waals surface area contributed by atoms with Crippen LogP contribution in [0.25, 0.3) is 0 Å². The summed E-state index contributed by atoms with van der Waals surface area (Å²) in [5.74, 6) is -1.07. The standard InChI is InChI=1S/C30H41ClO5/c1-16-13-21-20-10-9-18-14-19(33)11-12-27(18,7)29(20,31)22(34)15-28(21,8)30(16,17(2)32)36-24(35)23-25(3,4)26(23,5)6/h11-12,14,16,20-23,34H,9-10,13,15H2,1-8H3/t16-,20-,21-,22-,27-,28-,29-,30-/m0/s1. The first-order valence-electron chi connectivity index (χ1n) is 13.5. The number of carbonyl (C=O) groups is 3. The second kappa shape index (κ2) is 7.34. The summed E-state index contributed by atoms with van der Waals surface area (Å²) in [6.45, 7) is 15.9. The number of ether oxygens (including phenoxy) is 1. The molecule has 0 radical (unpaired) electrons. The Labute approximate surface area is 220 Å². The third-order valence-electron chi connectivity index (χ3n) is 12.2. The molecule has 5 rings (SSSR count). The summed E-state index contributed by atoms with van der Waals surface area (Å²) in [6, 6.07) is 0. The van der Waals surface area contributed by atoms with E-state index < -0.39 is 27.4 Å². The number of hydrogen-bond acceptors (Lipinski definition) is 5. The van der Waals surface area contributed by atoms with E-state index in [0.29, 0.717) is 6.42 Å². The number of esters is 1. The van der Waals surface area contributed by atoms with Gasteiger partial charge in [0.25, 0.3) is 0 Å². The number of ketones is 2. The van der Waals surface area contributed by atoms with Gasteiger partial charge in [0.05, 0.1) is 16.9 Å². The van der Waals surface area contributed by atoms with Gasteiger partial charge in [-0.05, 0) is 67.4 Å². The first kappa shape index (κ1) is 26.2. The van der Waals surface area contributed by atoms with E-state index >= 15 is 0 Å². The van der Waals surface area contributed by atoms with Gasteiger partial charge in [0.15, 0.2) is 17.2 Å². The van der Waals surface area contributed by atoms with Crippen molar-refractivity contribution in [3.63, 3.8) is 0 Å². The molecule has 0 heterocycles. The predicted octanol–water partition coefficient (Wildman–Crippen LogP) is 5.43. The van der Waals surface area contributed by atoms with Gasteiger partial charge in [0, 0.05) is 16.7 Å². The highest BCUT2D eigenvalue weighted by atomic mass is 35.5. The second-order valence-corrected chi connectivity index (χ2v) is 14.6. The minimum Gasteiger partial charge on any atom is -0.450 e. The average Bonchev–Trinajstić information content (AvgIpc) is 3.06. The fourth-order valence-electron chi connectivity index (χ4n) is 9.57. The maximum absolute atomic E-state index is 13.6. The van der Waals surface area contributed by atoms with Crippen molar-refractivity contribution in [1.29, 1.82) is 0 Å². The van der Waals surface area contributed by atoms with Crippen molar-refractivity contribution in [2.24, 2.45) is 45.3 Å². The molecule has 36 heavy (non-hydrogen) atoms. The Morgan fingerprint density at radius 3 is 2.25 bits per heavy atom. The van der Waals surface area contributed by atoms with Crippen molar-refractivity contribution < 1.29 is 24.2 Å². The zero-order valence-electron chi connectivity index (χ0n) is 22.9. The van der Waals surface area contributed by atoms with Gasteiger partial charge < -0.3 is 9.84 Å². The summed E-state index contributed by atoms with van der Waals surface area (Å²) in [5, 5.41) is 11.8. The van der Waals surface area contributed by atoms with E-state index in [1.807, 2.05) is 26.8 Å². The van der Waals surface area contributed by atoms with E-state index in [9.17, 15) is 19.5 Å². The van der Waals surface area contributed by atoms with Gasteiger partial charge in [-0.2, -0.15) is 0 Å². The highest BCUT2D eigenvalue weighted by Gasteiger charge is 2.77. The maximum Gasteiger partial charge on any atom is 0.311 e. The van der Waals surface area contributed by atoms with Crippen LogP contribution in [0.15, 0.2) is 23.8 Å². The summed E-state index contributed by atoms with van der Waals surface area (Å²) in [4.78, 5) is 38.4. The van der Waals surface area contributed by atoms with Crippen LogP contribution in [0.4, 0.5) is 0 Å². The van der Waals surface area contributed by atoms with E-state index in [1.54, 1.807) is 12.2 Å². The molecule has 0 aromatic rings. The summed E-state index contributed by atoms with van der Waals surface area (Å²) >= 11 is 7.53. The third kappa shape index (κ3) is 2.75. The third-order valence-corrected chi connectivity index (χ3v) is 13.1. The lowest BCUT2D eigenvalue weighted by Crippen LogP contribution is -2.69. The first-order valence-corrected chi connectivity index (χ1v) is 13.9. The van der Waals surface area contributed by atoms with Crippen LogP contribution in [0.2, 0.25) is 0 Å². The van der Waals surface area contributed by atoms with Gasteiger partial charge in [0.2, 0.25) is 0 Å². The molecule has 0 saturated heterocycles. The van der Waals surface area contributed by atoms with Crippen LogP contribution in [-0.4, -0.2) is 39.2 Å². The van der Waals surface area contributed by atoms with Gasteiger partial charge >= 0.3 is 5.97 Å². The molecule has 0 aromatic heterocycles. The summed E-state index contributed by atoms with van der Waals surface area (Å²) < 4.78 is 6.43. The van der Waals surface area contributed by atoms with Crippen LogP contribution in [0, 0.1) is 45.3 Å². The van der Waals surface area contributed by atoms with E-state index in [1.165, 1.54) is 6.92 Å². The van der Waals surface area contributed by atoms with Crippen LogP contribution < -0.4 is 0 Å². The van der Waals surface area contributed by atoms with Crippen molar-refractivity contribution in [3.05, 3.63) is 23.8 Å². The Hall–Kier alpha value is -1.46. The Morgan fingerprint density at radius 1 is 1.08 bits per heavy atom. The fraction of sp³-hybridized carbons (Fsp3) is 0.767. The minimum absolute atomic E-state index is 0.00488. The smallest absolute Gasteiger partial charge is 0.311 e. The molecule has 5 nitrogen and oxygen atoms in total. The number of halogens is 1. The number of hydrogen-bond donors (Lipinski definition) is 1. The molecule has 0 aliphatic heterocycles. The van der Waals surface area contributed by atoms with Gasteiger partial charge in [-0.15, -0.1) is 11.6 Å². The molecule has 0 amide bonds. The highest BCUT2D eigenvalue weighted by Crippen LogP contribution is 2.73. The fourth-order valence-corrected chi connectivity index (χ4v) is 10.1. The van der Waals surface area contributed by atoms with E-state index in [-0.39, 0.29) is 58.5 Å². The Morgan fingerprint density at radius 2 is 1.69 bits per heavy atom. The average molecular weight is 517 g/mol. The van der Waals surface area contributed by atoms with E-state index in [0.717, 1.165) is 18.4 Å². The van der Waals surface area contributed by atoms with Gasteiger partial charge in [0.1, 0.15) is 0 Å². The van der Waals surface area contributed by atoms with E-state index in [4.69, 9.17) is 16.3 Å². The minimum atomic E-state index is -1.31. The molecule has 0 bridgehead atoms. The van der Waals surface area contributed by atoms with Gasteiger partial charge in [-0.1, -0.05) is 60.1 Å². The molecule has 4 fully saturated rings. The Balaban J connectivity index is 1.57. The quantitative estimate of drug-likeness (QED) is 0.400. The van der Waals surface area contributed by atoms with E-state index in [2.05, 4.69) is 27.7 Å². The largest absolute Gasteiger partial charge is 0.450 e. The zero-order chi connectivity index (χ0) is 26.9. The maximum atomic E-state index is 13.6. The normalized spacial score (nSPS) is 48.4. The summed E-state index contributed by atoms with van der Waals surface area (Å²) in [5.41, 5.74) is -2.14. The molecular formula is C30H41ClO5. The molecule has 198 valence electrons. The van der Waals surface area contributed by atoms with Crippen molar-refractivity contribution in [1.82, 2.24) is 0 Å². The zero-order valence-corrected chi connectivity index (χ0v) is 23.7. The lowest BCUT2D eigenvalue weighted by molar-refractivity contribution is -0.202. The van der Waals surface area contributed by atoms with Crippen molar-refractivity contribution >= 4 is 29.1 Å². The number of allylic oxidation sites excluding steroid dienone is 4. The molecule has 4 saturated carbocycles. The number of alkyl halides is 1. The number of rotatable bonds is 3. The summed E-state index contributed by atoms with van der Waals surface area (Å²) in [6.07, 6.45) is 6.59.